The molecule has 0 radical (unpaired) electrons. The van der Waals surface area contributed by atoms with Crippen molar-refractivity contribution in [2.45, 2.75) is 24.7 Å². The molecule has 1 amide bonds. The lowest BCUT2D eigenvalue weighted by molar-refractivity contribution is -0.173. The Morgan fingerprint density at radius 2 is 2.00 bits per heavy atom. The normalized spacial score (nSPS) is 18.3. The van der Waals surface area contributed by atoms with E-state index in [-0.39, 0.29) is 23.8 Å². The topological polar surface area (TPSA) is 81.1 Å². The highest BCUT2D eigenvalue weighted by Crippen LogP contribution is 2.43. The zero-order chi connectivity index (χ0) is 21.3. The van der Waals surface area contributed by atoms with Crippen molar-refractivity contribution in [2.75, 3.05) is 17.7 Å². The van der Waals surface area contributed by atoms with Crippen molar-refractivity contribution in [3.63, 3.8) is 0 Å². The molecule has 10 heteroatoms. The van der Waals surface area contributed by atoms with Gasteiger partial charge in [0.05, 0.1) is 13.2 Å². The highest BCUT2D eigenvalue weighted by Gasteiger charge is 2.46. The molecule has 1 aliphatic heterocycles. The second kappa shape index (κ2) is 7.69. The van der Waals surface area contributed by atoms with Gasteiger partial charge < -0.3 is 15.4 Å². The number of nitrogens with one attached hydrogen (secondary N) is 2. The molecule has 1 aromatic carbocycles. The van der Waals surface area contributed by atoms with E-state index in [9.17, 15) is 18.0 Å². The average Bonchev–Trinajstić information content (AvgIpc) is 3.17. The van der Waals surface area contributed by atoms with E-state index >= 15 is 0 Å². The zero-order valence-electron chi connectivity index (χ0n) is 15.8. The first-order valence-electron chi connectivity index (χ1n) is 9.14. The first-order valence-corrected chi connectivity index (χ1v) is 9.14. The van der Waals surface area contributed by atoms with Crippen LogP contribution in [-0.2, 0) is 0 Å². The van der Waals surface area contributed by atoms with E-state index in [1.54, 1.807) is 42.5 Å². The monoisotopic (exact) mass is 417 g/mol. The maximum atomic E-state index is 13.8. The summed E-state index contributed by atoms with van der Waals surface area (Å²) in [4.78, 5) is 16.4. The molecule has 3 aromatic rings. The van der Waals surface area contributed by atoms with E-state index in [2.05, 4.69) is 20.7 Å². The van der Waals surface area contributed by atoms with Gasteiger partial charge in [0.1, 0.15) is 17.4 Å². The van der Waals surface area contributed by atoms with Crippen LogP contribution in [0.4, 0.5) is 24.8 Å². The summed E-state index contributed by atoms with van der Waals surface area (Å²) in [5, 5.41) is 9.51. The molecule has 0 spiro atoms. The number of carbonyl (C=O) groups is 1. The van der Waals surface area contributed by atoms with Crippen LogP contribution in [0.15, 0.2) is 54.7 Å². The molecule has 4 rings (SSSR count). The fourth-order valence-electron chi connectivity index (χ4n) is 3.36. The zero-order valence-corrected chi connectivity index (χ0v) is 15.8. The predicted octanol–water partition coefficient (Wildman–Crippen LogP) is 4.20. The summed E-state index contributed by atoms with van der Waals surface area (Å²) >= 11 is 0. The van der Waals surface area contributed by atoms with E-state index in [1.165, 1.54) is 19.4 Å². The fourth-order valence-corrected chi connectivity index (χ4v) is 3.36. The lowest BCUT2D eigenvalue weighted by Gasteiger charge is -2.33. The number of rotatable bonds is 4. The van der Waals surface area contributed by atoms with Gasteiger partial charge in [-0.15, -0.1) is 0 Å². The Hall–Kier alpha value is -3.56. The van der Waals surface area contributed by atoms with Gasteiger partial charge in [-0.1, -0.05) is 18.2 Å². The largest absolute Gasteiger partial charge is 0.497 e. The number of fused-ring (bicyclic) bond motifs is 1. The number of alkyl halides is 3. The SMILES string of the molecule is COc1ccc([C@@H]2C[C@H](C(F)(F)F)n3nc(C(=O)Nc4ccccn4)cc3N2)cc1. The smallest absolute Gasteiger partial charge is 0.410 e. The molecule has 3 heterocycles. The van der Waals surface area contributed by atoms with Crippen LogP contribution in [0.1, 0.15) is 34.6 Å². The van der Waals surface area contributed by atoms with Crippen LogP contribution in [0.5, 0.6) is 5.75 Å². The Balaban J connectivity index is 1.63. The third-order valence-electron chi connectivity index (χ3n) is 4.85. The Kier molecular flexibility index (Phi) is 5.06. The fraction of sp³-hybridized carbons (Fsp3) is 0.250. The van der Waals surface area contributed by atoms with Crippen molar-refractivity contribution >= 4 is 17.5 Å². The van der Waals surface area contributed by atoms with Crippen molar-refractivity contribution in [1.29, 1.82) is 0 Å². The summed E-state index contributed by atoms with van der Waals surface area (Å²) in [6.45, 7) is 0. The van der Waals surface area contributed by atoms with Crippen molar-refractivity contribution in [1.82, 2.24) is 14.8 Å². The molecule has 30 heavy (non-hydrogen) atoms. The molecule has 0 saturated heterocycles. The Morgan fingerprint density at radius 1 is 1.23 bits per heavy atom. The number of benzene rings is 1. The van der Waals surface area contributed by atoms with Gasteiger partial charge in [-0.25, -0.2) is 9.67 Å². The summed E-state index contributed by atoms with van der Waals surface area (Å²) in [5.74, 6) is 0.375. The number of nitrogens with zero attached hydrogens (tertiary/aromatic N) is 3. The van der Waals surface area contributed by atoms with Crippen molar-refractivity contribution < 1.29 is 22.7 Å². The molecule has 2 aromatic heterocycles. The van der Waals surface area contributed by atoms with Gasteiger partial charge in [0, 0.05) is 18.7 Å². The number of ether oxygens (including phenoxy) is 1. The molecule has 1 aliphatic rings. The second-order valence-corrected chi connectivity index (χ2v) is 6.79. The second-order valence-electron chi connectivity index (χ2n) is 6.79. The van der Waals surface area contributed by atoms with E-state index in [0.717, 1.165) is 4.68 Å². The maximum Gasteiger partial charge on any atom is 0.410 e. The van der Waals surface area contributed by atoms with Gasteiger partial charge in [0.25, 0.3) is 5.91 Å². The van der Waals surface area contributed by atoms with Crippen LogP contribution in [-0.4, -0.2) is 34.0 Å². The van der Waals surface area contributed by atoms with E-state index in [0.29, 0.717) is 11.3 Å². The molecule has 0 aliphatic carbocycles. The third kappa shape index (κ3) is 3.93. The van der Waals surface area contributed by atoms with Gasteiger partial charge in [0.2, 0.25) is 0 Å². The van der Waals surface area contributed by atoms with Crippen LogP contribution < -0.4 is 15.4 Å². The minimum Gasteiger partial charge on any atom is -0.497 e. The summed E-state index contributed by atoms with van der Waals surface area (Å²) in [7, 11) is 1.52. The molecular weight excluding hydrogens is 399 g/mol. The Morgan fingerprint density at radius 3 is 2.63 bits per heavy atom. The van der Waals surface area contributed by atoms with E-state index in [4.69, 9.17) is 4.74 Å². The van der Waals surface area contributed by atoms with Crippen molar-refractivity contribution in [3.05, 3.63) is 66.0 Å². The van der Waals surface area contributed by atoms with Gasteiger partial charge >= 0.3 is 6.18 Å². The number of aromatic nitrogens is 3. The van der Waals surface area contributed by atoms with Crippen molar-refractivity contribution in [2.24, 2.45) is 0 Å². The van der Waals surface area contributed by atoms with Crippen LogP contribution >= 0.6 is 0 Å². The van der Waals surface area contributed by atoms with E-state index in [1.807, 2.05) is 0 Å². The van der Waals surface area contributed by atoms with Gasteiger partial charge in [-0.2, -0.15) is 18.3 Å². The highest BCUT2D eigenvalue weighted by atomic mass is 19.4. The predicted molar refractivity (Wildman–Crippen MR) is 103 cm³/mol. The number of pyridine rings is 1. The number of hydrogen-bond donors (Lipinski definition) is 2. The maximum absolute atomic E-state index is 13.8. The minimum absolute atomic E-state index is 0.121. The molecule has 2 atom stereocenters. The lowest BCUT2D eigenvalue weighted by Crippen LogP contribution is -2.35. The van der Waals surface area contributed by atoms with Crippen LogP contribution in [0.25, 0.3) is 0 Å². The molecule has 156 valence electrons. The minimum atomic E-state index is -4.53. The summed E-state index contributed by atoms with van der Waals surface area (Å²) in [6.07, 6.45) is -3.29. The van der Waals surface area contributed by atoms with Gasteiger partial charge in [-0.3, -0.25) is 4.79 Å². The molecule has 0 unspecified atom stereocenters. The summed E-state index contributed by atoms with van der Waals surface area (Å²) < 4.78 is 47.2. The quantitative estimate of drug-likeness (QED) is 0.665. The Bertz CT molecular complexity index is 1030. The lowest BCUT2D eigenvalue weighted by atomic mass is 9.97. The number of carbonyl (C=O) groups excluding carboxylic acids is 1. The number of halogens is 3. The first kappa shape index (κ1) is 19.7. The molecule has 0 saturated carbocycles. The van der Waals surface area contributed by atoms with Gasteiger partial charge in [0.15, 0.2) is 11.7 Å². The molecule has 0 bridgehead atoms. The number of methoxy groups -OCH3 is 1. The Labute approximate surface area is 169 Å². The molecule has 2 N–H and O–H groups in total. The highest BCUT2D eigenvalue weighted by molar-refractivity contribution is 6.02. The van der Waals surface area contributed by atoms with Crippen LogP contribution in [0, 0.1) is 0 Å². The molecule has 0 fully saturated rings. The third-order valence-corrected chi connectivity index (χ3v) is 4.85. The standard InChI is InChI=1S/C20H18F3N5O2/c1-30-13-7-5-12(6-8-13)14-10-16(20(21,22)23)28-18(25-14)11-15(27-28)19(29)26-17-4-2-3-9-24-17/h2-9,11,14,16,25H,10H2,1H3,(H,24,26,29)/t14-,16+/m0/s1. The van der Waals surface area contributed by atoms with Gasteiger partial charge in [-0.05, 0) is 29.8 Å². The molecule has 7 nitrogen and oxygen atoms in total. The first-order chi connectivity index (χ1) is 14.3. The van der Waals surface area contributed by atoms with Crippen LogP contribution in [0.3, 0.4) is 0 Å². The molecular formula is C20H18F3N5O2. The number of amides is 1. The van der Waals surface area contributed by atoms with E-state index < -0.39 is 24.2 Å². The number of hydrogen-bond acceptors (Lipinski definition) is 5. The average molecular weight is 417 g/mol. The summed E-state index contributed by atoms with van der Waals surface area (Å²) in [6, 6.07) is 10.6. The number of anilines is 2. The van der Waals surface area contributed by atoms with Crippen molar-refractivity contribution in [3.8, 4) is 5.75 Å². The summed E-state index contributed by atoms with van der Waals surface area (Å²) in [5.41, 5.74) is 0.546. The van der Waals surface area contributed by atoms with Crippen LogP contribution in [0.2, 0.25) is 0 Å².